The highest BCUT2D eigenvalue weighted by Crippen LogP contribution is 2.30. The Labute approximate surface area is 192 Å². The second-order valence-corrected chi connectivity index (χ2v) is 11.1. The van der Waals surface area contributed by atoms with Crippen LogP contribution in [0.3, 0.4) is 0 Å². The molecule has 2 amide bonds. The summed E-state index contributed by atoms with van der Waals surface area (Å²) in [4.78, 5) is 26.5. The summed E-state index contributed by atoms with van der Waals surface area (Å²) in [7, 11) is -3.64. The van der Waals surface area contributed by atoms with Gasteiger partial charge in [0.25, 0.3) is 5.91 Å². The van der Waals surface area contributed by atoms with Gasteiger partial charge in [0, 0.05) is 25.2 Å². The number of rotatable bonds is 8. The van der Waals surface area contributed by atoms with Crippen molar-refractivity contribution < 1.29 is 18.0 Å². The Balaban J connectivity index is 1.84. The Kier molecular flexibility index (Phi) is 8.33. The van der Waals surface area contributed by atoms with Crippen LogP contribution in [0.1, 0.15) is 87.1 Å². The molecule has 0 bridgehead atoms. The number of aryl methyl sites for hydroxylation is 1. The Morgan fingerprint density at radius 3 is 2.34 bits per heavy atom. The van der Waals surface area contributed by atoms with Crippen LogP contribution in [0.25, 0.3) is 0 Å². The van der Waals surface area contributed by atoms with Crippen molar-refractivity contribution >= 4 is 21.8 Å². The first-order chi connectivity index (χ1) is 15.3. The van der Waals surface area contributed by atoms with Crippen LogP contribution in [0.4, 0.5) is 0 Å². The van der Waals surface area contributed by atoms with Gasteiger partial charge in [-0.2, -0.15) is 4.31 Å². The van der Waals surface area contributed by atoms with Crippen LogP contribution < -0.4 is 10.6 Å². The molecule has 2 aliphatic rings. The number of piperidine rings is 1. The first kappa shape index (κ1) is 24.7. The van der Waals surface area contributed by atoms with Gasteiger partial charge in [-0.15, -0.1) is 0 Å². The fraction of sp³-hybridized carbons (Fsp3) is 0.667. The number of nitrogens with one attached hydrogen (secondary N) is 2. The van der Waals surface area contributed by atoms with E-state index in [2.05, 4.69) is 17.6 Å². The first-order valence-corrected chi connectivity index (χ1v) is 13.5. The molecule has 3 rings (SSSR count). The zero-order chi connectivity index (χ0) is 23.2. The number of carbonyl (C=O) groups is 2. The number of amides is 2. The molecule has 0 spiro atoms. The topological polar surface area (TPSA) is 95.6 Å². The van der Waals surface area contributed by atoms with Gasteiger partial charge in [0.15, 0.2) is 0 Å². The molecule has 0 aromatic heterocycles. The van der Waals surface area contributed by atoms with E-state index in [1.807, 2.05) is 0 Å². The van der Waals surface area contributed by atoms with Crippen LogP contribution in [-0.2, 0) is 14.8 Å². The summed E-state index contributed by atoms with van der Waals surface area (Å²) >= 11 is 0. The molecule has 0 atom stereocenters. The van der Waals surface area contributed by atoms with Crippen LogP contribution in [-0.4, -0.2) is 49.7 Å². The normalized spacial score (nSPS) is 19.3. The molecule has 0 radical (unpaired) electrons. The van der Waals surface area contributed by atoms with Gasteiger partial charge in [0.2, 0.25) is 15.9 Å². The maximum absolute atomic E-state index is 13.3. The smallest absolute Gasteiger partial charge is 0.252 e. The van der Waals surface area contributed by atoms with Crippen molar-refractivity contribution in [3.8, 4) is 0 Å². The summed E-state index contributed by atoms with van der Waals surface area (Å²) in [6.07, 6.45) is 8.62. The van der Waals surface area contributed by atoms with E-state index in [1.54, 1.807) is 19.1 Å². The standard InChI is InChI=1S/C24H37N3O4S/c1-3-4-15-25-23(29)24(13-7-5-8-14-24)26-22(28)21-18-20(12-11-19(21)2)32(30,31)27-16-9-6-10-17-27/h11-12,18H,3-10,13-17H2,1-2H3,(H,25,29)(H,26,28). The third kappa shape index (κ3) is 5.52. The molecule has 2 fully saturated rings. The third-order valence-electron chi connectivity index (χ3n) is 6.72. The highest BCUT2D eigenvalue weighted by molar-refractivity contribution is 7.89. The largest absolute Gasteiger partial charge is 0.354 e. The summed E-state index contributed by atoms with van der Waals surface area (Å²) in [5.74, 6) is -0.514. The molecule has 1 aliphatic heterocycles. The monoisotopic (exact) mass is 463 g/mol. The summed E-state index contributed by atoms with van der Waals surface area (Å²) in [6, 6.07) is 4.73. The predicted octanol–water partition coefficient (Wildman–Crippen LogP) is 3.52. The summed E-state index contributed by atoms with van der Waals surface area (Å²) in [5, 5.41) is 6.00. The fourth-order valence-corrected chi connectivity index (χ4v) is 6.20. The Morgan fingerprint density at radius 2 is 1.69 bits per heavy atom. The molecular formula is C24H37N3O4S. The zero-order valence-corrected chi connectivity index (χ0v) is 20.2. The molecular weight excluding hydrogens is 426 g/mol. The van der Waals surface area contributed by atoms with E-state index < -0.39 is 15.6 Å². The van der Waals surface area contributed by atoms with Gasteiger partial charge >= 0.3 is 0 Å². The highest BCUT2D eigenvalue weighted by atomic mass is 32.2. The first-order valence-electron chi connectivity index (χ1n) is 12.0. The lowest BCUT2D eigenvalue weighted by molar-refractivity contribution is -0.128. The Morgan fingerprint density at radius 1 is 1.03 bits per heavy atom. The molecule has 1 aliphatic carbocycles. The lowest BCUT2D eigenvalue weighted by atomic mass is 9.80. The molecule has 1 saturated carbocycles. The molecule has 32 heavy (non-hydrogen) atoms. The average molecular weight is 464 g/mol. The lowest BCUT2D eigenvalue weighted by Crippen LogP contribution is -2.59. The third-order valence-corrected chi connectivity index (χ3v) is 8.61. The van der Waals surface area contributed by atoms with Crippen LogP contribution in [0.2, 0.25) is 0 Å². The van der Waals surface area contributed by atoms with Crippen LogP contribution in [0.15, 0.2) is 23.1 Å². The number of carbonyl (C=O) groups excluding carboxylic acids is 2. The SMILES string of the molecule is CCCCNC(=O)C1(NC(=O)c2cc(S(=O)(=O)N3CCCCC3)ccc2C)CCCCC1. The van der Waals surface area contributed by atoms with E-state index in [4.69, 9.17) is 0 Å². The van der Waals surface area contributed by atoms with E-state index in [9.17, 15) is 18.0 Å². The van der Waals surface area contributed by atoms with Gasteiger partial charge in [-0.3, -0.25) is 9.59 Å². The van der Waals surface area contributed by atoms with E-state index in [-0.39, 0.29) is 16.7 Å². The number of nitrogens with zero attached hydrogens (tertiary/aromatic N) is 1. The number of hydrogen-bond donors (Lipinski definition) is 2. The van der Waals surface area contributed by atoms with E-state index in [0.29, 0.717) is 43.6 Å². The van der Waals surface area contributed by atoms with Gasteiger partial charge in [0.05, 0.1) is 4.90 Å². The minimum absolute atomic E-state index is 0.131. The van der Waals surface area contributed by atoms with Crippen molar-refractivity contribution in [2.24, 2.45) is 0 Å². The summed E-state index contributed by atoms with van der Waals surface area (Å²) < 4.78 is 27.7. The Bertz CT molecular complexity index is 917. The minimum atomic E-state index is -3.64. The van der Waals surface area contributed by atoms with Crippen molar-refractivity contribution in [3.05, 3.63) is 29.3 Å². The molecule has 8 heteroatoms. The van der Waals surface area contributed by atoms with E-state index in [0.717, 1.165) is 51.4 Å². The van der Waals surface area contributed by atoms with Crippen molar-refractivity contribution in [2.45, 2.75) is 88.5 Å². The van der Waals surface area contributed by atoms with Crippen LogP contribution in [0, 0.1) is 6.92 Å². The second-order valence-electron chi connectivity index (χ2n) is 9.15. The Hall–Kier alpha value is -1.93. The van der Waals surface area contributed by atoms with Gasteiger partial charge in [-0.25, -0.2) is 8.42 Å². The number of unbranched alkanes of at least 4 members (excludes halogenated alkanes) is 1. The number of benzene rings is 1. The molecule has 7 nitrogen and oxygen atoms in total. The van der Waals surface area contributed by atoms with Gasteiger partial charge in [0.1, 0.15) is 5.54 Å². The van der Waals surface area contributed by atoms with Crippen molar-refractivity contribution in [3.63, 3.8) is 0 Å². The molecule has 1 aromatic rings. The van der Waals surface area contributed by atoms with Gasteiger partial charge in [-0.05, 0) is 56.7 Å². The van der Waals surface area contributed by atoms with E-state index in [1.165, 1.54) is 10.4 Å². The molecule has 2 N–H and O–H groups in total. The maximum Gasteiger partial charge on any atom is 0.252 e. The average Bonchev–Trinajstić information content (AvgIpc) is 2.80. The van der Waals surface area contributed by atoms with Crippen LogP contribution >= 0.6 is 0 Å². The molecule has 0 unspecified atom stereocenters. The summed E-state index contributed by atoms with van der Waals surface area (Å²) in [6.45, 7) is 5.48. The molecule has 178 valence electrons. The second kappa shape index (κ2) is 10.8. The van der Waals surface area contributed by atoms with Crippen LogP contribution in [0.5, 0.6) is 0 Å². The molecule has 1 aromatic carbocycles. The molecule has 1 saturated heterocycles. The van der Waals surface area contributed by atoms with Crippen molar-refractivity contribution in [1.82, 2.24) is 14.9 Å². The number of hydrogen-bond acceptors (Lipinski definition) is 4. The minimum Gasteiger partial charge on any atom is -0.354 e. The van der Waals surface area contributed by atoms with E-state index >= 15 is 0 Å². The highest BCUT2D eigenvalue weighted by Gasteiger charge is 2.41. The maximum atomic E-state index is 13.3. The molecule has 1 heterocycles. The summed E-state index contributed by atoms with van der Waals surface area (Å²) in [5.41, 5.74) is 0.0731. The van der Waals surface area contributed by atoms with Crippen molar-refractivity contribution in [1.29, 1.82) is 0 Å². The van der Waals surface area contributed by atoms with Gasteiger partial charge < -0.3 is 10.6 Å². The number of sulfonamides is 1. The predicted molar refractivity (Wildman–Crippen MR) is 125 cm³/mol. The lowest BCUT2D eigenvalue weighted by Gasteiger charge is -2.37. The zero-order valence-electron chi connectivity index (χ0n) is 19.4. The van der Waals surface area contributed by atoms with Gasteiger partial charge in [-0.1, -0.05) is 45.1 Å². The fourth-order valence-electron chi connectivity index (χ4n) is 4.66. The quantitative estimate of drug-likeness (QED) is 0.577. The van der Waals surface area contributed by atoms with Crippen molar-refractivity contribution in [2.75, 3.05) is 19.6 Å².